The molecule has 30 heavy (non-hydrogen) atoms. The third-order valence-electron chi connectivity index (χ3n) is 5.16. The number of likely N-dealkylation sites (N-methyl/N-ethyl adjacent to an activating group) is 1. The van der Waals surface area contributed by atoms with Gasteiger partial charge in [0.1, 0.15) is 5.82 Å². The predicted molar refractivity (Wildman–Crippen MR) is 120 cm³/mol. The Morgan fingerprint density at radius 2 is 2.10 bits per heavy atom. The van der Waals surface area contributed by atoms with Crippen LogP contribution in [-0.2, 0) is 9.47 Å². The van der Waals surface area contributed by atoms with E-state index < -0.39 is 0 Å². The standard InChI is InChI=1S/C22H38FN5O2/c1-4-24-22(25-9-11-27(2)10-6-14-29-3)26-18-21(28-12-15-30-16-13-28)19-7-5-8-20(23)17-19/h5,7-8,17,21H,4,6,9-16,18H2,1-3H3,(H2,24,25,26). The molecule has 2 rings (SSSR count). The van der Waals surface area contributed by atoms with Gasteiger partial charge in [0, 0.05) is 53.0 Å². The minimum atomic E-state index is -0.212. The molecule has 0 amide bonds. The molecule has 1 unspecified atom stereocenters. The van der Waals surface area contributed by atoms with E-state index in [0.717, 1.165) is 63.8 Å². The molecular formula is C22H38FN5O2. The van der Waals surface area contributed by atoms with Crippen molar-refractivity contribution in [1.82, 2.24) is 20.4 Å². The summed E-state index contributed by atoms with van der Waals surface area (Å²) in [6.45, 7) is 9.96. The Balaban J connectivity index is 1.96. The topological polar surface area (TPSA) is 61.4 Å². The molecule has 2 N–H and O–H groups in total. The largest absolute Gasteiger partial charge is 0.385 e. The van der Waals surface area contributed by atoms with E-state index in [1.165, 1.54) is 6.07 Å². The number of halogens is 1. The van der Waals surface area contributed by atoms with E-state index in [1.807, 2.05) is 6.07 Å². The number of nitrogens with zero attached hydrogens (tertiary/aromatic N) is 3. The first-order valence-electron chi connectivity index (χ1n) is 10.9. The molecule has 1 saturated heterocycles. The number of nitrogens with one attached hydrogen (secondary N) is 2. The first-order chi connectivity index (χ1) is 14.6. The lowest BCUT2D eigenvalue weighted by Gasteiger charge is -2.34. The third kappa shape index (κ3) is 8.95. The van der Waals surface area contributed by atoms with Crippen LogP contribution in [0.1, 0.15) is 24.9 Å². The number of rotatable bonds is 12. The van der Waals surface area contributed by atoms with Gasteiger partial charge in [0.05, 0.1) is 25.8 Å². The van der Waals surface area contributed by atoms with Crippen molar-refractivity contribution in [3.05, 3.63) is 35.6 Å². The lowest BCUT2D eigenvalue weighted by molar-refractivity contribution is 0.0179. The van der Waals surface area contributed by atoms with E-state index >= 15 is 0 Å². The van der Waals surface area contributed by atoms with E-state index in [1.54, 1.807) is 19.2 Å². The number of hydrogen-bond donors (Lipinski definition) is 2. The monoisotopic (exact) mass is 423 g/mol. The smallest absolute Gasteiger partial charge is 0.191 e. The zero-order valence-corrected chi connectivity index (χ0v) is 18.7. The van der Waals surface area contributed by atoms with E-state index in [9.17, 15) is 4.39 Å². The van der Waals surface area contributed by atoms with E-state index in [-0.39, 0.29) is 11.9 Å². The van der Waals surface area contributed by atoms with Crippen LogP contribution in [0, 0.1) is 5.82 Å². The van der Waals surface area contributed by atoms with Crippen LogP contribution >= 0.6 is 0 Å². The highest BCUT2D eigenvalue weighted by Crippen LogP contribution is 2.23. The summed E-state index contributed by atoms with van der Waals surface area (Å²) in [6, 6.07) is 6.87. The molecule has 1 heterocycles. The Morgan fingerprint density at radius 1 is 1.30 bits per heavy atom. The van der Waals surface area contributed by atoms with Crippen molar-refractivity contribution in [3.63, 3.8) is 0 Å². The van der Waals surface area contributed by atoms with Crippen molar-refractivity contribution in [2.75, 3.05) is 79.8 Å². The molecule has 0 bridgehead atoms. The quantitative estimate of drug-likeness (QED) is 0.303. The second kappa shape index (κ2) is 14.3. The number of guanidine groups is 1. The second-order valence-electron chi connectivity index (χ2n) is 7.52. The minimum Gasteiger partial charge on any atom is -0.385 e. The van der Waals surface area contributed by atoms with Gasteiger partial charge in [0.15, 0.2) is 5.96 Å². The van der Waals surface area contributed by atoms with Crippen LogP contribution in [-0.4, -0.2) is 95.6 Å². The molecule has 170 valence electrons. The van der Waals surface area contributed by atoms with Gasteiger partial charge in [-0.3, -0.25) is 9.89 Å². The predicted octanol–water partition coefficient (Wildman–Crippen LogP) is 1.72. The Labute approximate surface area is 180 Å². The Bertz CT molecular complexity index is 625. The lowest BCUT2D eigenvalue weighted by atomic mass is 10.0. The maximum absolute atomic E-state index is 13.9. The Kier molecular flexibility index (Phi) is 11.7. The molecule has 0 spiro atoms. The molecule has 0 saturated carbocycles. The fraction of sp³-hybridized carbons (Fsp3) is 0.682. The van der Waals surface area contributed by atoms with Crippen LogP contribution in [0.2, 0.25) is 0 Å². The van der Waals surface area contributed by atoms with Gasteiger partial charge in [0.2, 0.25) is 0 Å². The van der Waals surface area contributed by atoms with Crippen molar-refractivity contribution < 1.29 is 13.9 Å². The second-order valence-corrected chi connectivity index (χ2v) is 7.52. The zero-order valence-electron chi connectivity index (χ0n) is 18.7. The van der Waals surface area contributed by atoms with E-state index in [0.29, 0.717) is 19.8 Å². The number of benzene rings is 1. The highest BCUT2D eigenvalue weighted by molar-refractivity contribution is 5.79. The van der Waals surface area contributed by atoms with Crippen LogP contribution in [0.25, 0.3) is 0 Å². The van der Waals surface area contributed by atoms with Gasteiger partial charge in [-0.25, -0.2) is 4.39 Å². The molecule has 1 atom stereocenters. The summed E-state index contributed by atoms with van der Waals surface area (Å²) in [5, 5.41) is 6.72. The zero-order chi connectivity index (χ0) is 21.6. The first-order valence-corrected chi connectivity index (χ1v) is 10.9. The molecule has 1 aliphatic heterocycles. The Hall–Kier alpha value is -1.74. The fourth-order valence-corrected chi connectivity index (χ4v) is 3.51. The molecule has 1 fully saturated rings. The van der Waals surface area contributed by atoms with Gasteiger partial charge < -0.3 is 25.0 Å². The normalized spacial score (nSPS) is 16.6. The first kappa shape index (κ1) is 24.5. The van der Waals surface area contributed by atoms with Crippen LogP contribution in [0.4, 0.5) is 4.39 Å². The molecule has 7 nitrogen and oxygen atoms in total. The number of ether oxygens (including phenoxy) is 2. The summed E-state index contributed by atoms with van der Waals surface area (Å²) >= 11 is 0. The fourth-order valence-electron chi connectivity index (χ4n) is 3.51. The van der Waals surface area contributed by atoms with Crippen LogP contribution in [0.5, 0.6) is 0 Å². The van der Waals surface area contributed by atoms with Crippen molar-refractivity contribution in [2.24, 2.45) is 4.99 Å². The van der Waals surface area contributed by atoms with E-state index in [2.05, 4.69) is 34.4 Å². The molecule has 8 heteroatoms. The molecule has 0 aliphatic carbocycles. The summed E-state index contributed by atoms with van der Waals surface area (Å²) in [4.78, 5) is 9.42. The highest BCUT2D eigenvalue weighted by Gasteiger charge is 2.23. The summed E-state index contributed by atoms with van der Waals surface area (Å²) in [5.74, 6) is 0.578. The molecular weight excluding hydrogens is 385 g/mol. The third-order valence-corrected chi connectivity index (χ3v) is 5.16. The number of hydrogen-bond acceptors (Lipinski definition) is 5. The van der Waals surface area contributed by atoms with Gasteiger partial charge >= 0.3 is 0 Å². The maximum atomic E-state index is 13.9. The van der Waals surface area contributed by atoms with Gasteiger partial charge in [-0.1, -0.05) is 12.1 Å². The average Bonchev–Trinajstić information content (AvgIpc) is 2.75. The van der Waals surface area contributed by atoms with Gasteiger partial charge in [0.25, 0.3) is 0 Å². The summed E-state index contributed by atoms with van der Waals surface area (Å²) in [6.07, 6.45) is 1.02. The number of methoxy groups -OCH3 is 1. The molecule has 1 aromatic carbocycles. The van der Waals surface area contributed by atoms with Crippen molar-refractivity contribution in [3.8, 4) is 0 Å². The molecule has 0 aromatic heterocycles. The van der Waals surface area contributed by atoms with Crippen LogP contribution < -0.4 is 10.6 Å². The highest BCUT2D eigenvalue weighted by atomic mass is 19.1. The summed E-state index contributed by atoms with van der Waals surface area (Å²) < 4.78 is 24.5. The summed E-state index contributed by atoms with van der Waals surface area (Å²) in [7, 11) is 3.84. The Morgan fingerprint density at radius 3 is 2.80 bits per heavy atom. The number of aliphatic imine (C=N–C) groups is 1. The average molecular weight is 424 g/mol. The van der Waals surface area contributed by atoms with Gasteiger partial charge in [-0.2, -0.15) is 0 Å². The molecule has 1 aromatic rings. The van der Waals surface area contributed by atoms with Crippen LogP contribution in [0.15, 0.2) is 29.3 Å². The summed E-state index contributed by atoms with van der Waals surface area (Å²) in [5.41, 5.74) is 0.953. The van der Waals surface area contributed by atoms with E-state index in [4.69, 9.17) is 14.5 Å². The minimum absolute atomic E-state index is 0.0248. The maximum Gasteiger partial charge on any atom is 0.191 e. The lowest BCUT2D eigenvalue weighted by Crippen LogP contribution is -2.43. The molecule has 1 aliphatic rings. The van der Waals surface area contributed by atoms with Crippen molar-refractivity contribution in [1.29, 1.82) is 0 Å². The van der Waals surface area contributed by atoms with Crippen LogP contribution in [0.3, 0.4) is 0 Å². The van der Waals surface area contributed by atoms with Gasteiger partial charge in [-0.05, 0) is 38.1 Å². The van der Waals surface area contributed by atoms with Gasteiger partial charge in [-0.15, -0.1) is 0 Å². The van der Waals surface area contributed by atoms with Crippen molar-refractivity contribution >= 4 is 5.96 Å². The number of morpholine rings is 1. The van der Waals surface area contributed by atoms with Crippen molar-refractivity contribution in [2.45, 2.75) is 19.4 Å². The molecule has 0 radical (unpaired) electrons. The SMILES string of the molecule is CCNC(=NCC(c1cccc(F)c1)N1CCOCC1)NCCN(C)CCCOC.